The van der Waals surface area contributed by atoms with Gasteiger partial charge in [-0.05, 0) is 19.9 Å². The van der Waals surface area contributed by atoms with Gasteiger partial charge < -0.3 is 29.2 Å². The summed E-state index contributed by atoms with van der Waals surface area (Å²) < 4.78 is 19.3. The highest BCUT2D eigenvalue weighted by molar-refractivity contribution is 5.80. The van der Waals surface area contributed by atoms with Gasteiger partial charge in [-0.3, -0.25) is 9.59 Å². The van der Waals surface area contributed by atoms with Crippen LogP contribution in [0, 0.1) is 13.8 Å². The van der Waals surface area contributed by atoms with Crippen molar-refractivity contribution in [3.8, 4) is 17.2 Å². The fourth-order valence-corrected chi connectivity index (χ4v) is 2.20. The lowest BCUT2D eigenvalue weighted by atomic mass is 10.0. The minimum absolute atomic E-state index is 0.135. The van der Waals surface area contributed by atoms with Crippen molar-refractivity contribution < 1.29 is 43.5 Å². The molecule has 148 valence electrons. The topological polar surface area (TPSA) is 129 Å². The molecule has 0 amide bonds. The molecule has 1 aromatic carbocycles. The number of carbonyl (C=O) groups excluding carboxylic acids is 3. The first-order chi connectivity index (χ1) is 12.6. The van der Waals surface area contributed by atoms with Gasteiger partial charge in [0.05, 0.1) is 13.4 Å². The number of aromatic hydroxyl groups is 2. The molecule has 0 saturated carbocycles. The van der Waals surface area contributed by atoms with Crippen LogP contribution in [0.5, 0.6) is 17.2 Å². The van der Waals surface area contributed by atoms with Crippen molar-refractivity contribution in [3.63, 3.8) is 0 Å². The van der Waals surface area contributed by atoms with Crippen molar-refractivity contribution in [2.45, 2.75) is 33.8 Å². The van der Waals surface area contributed by atoms with E-state index in [1.807, 2.05) is 0 Å². The Balaban J connectivity index is 2.98. The highest BCUT2D eigenvalue weighted by Gasteiger charge is 2.24. The first-order valence-electron chi connectivity index (χ1n) is 7.86. The highest BCUT2D eigenvalue weighted by atomic mass is 16.6. The number of rotatable bonds is 7. The van der Waals surface area contributed by atoms with E-state index in [0.29, 0.717) is 11.1 Å². The average Bonchev–Trinajstić information content (AvgIpc) is 2.59. The van der Waals surface area contributed by atoms with E-state index in [9.17, 15) is 24.6 Å². The largest absolute Gasteiger partial charge is 0.507 e. The Hall–Kier alpha value is -3.23. The number of esters is 3. The lowest BCUT2D eigenvalue weighted by Gasteiger charge is -2.15. The van der Waals surface area contributed by atoms with Gasteiger partial charge in [0.25, 0.3) is 0 Å². The zero-order chi connectivity index (χ0) is 20.7. The van der Waals surface area contributed by atoms with Gasteiger partial charge in [0, 0.05) is 30.5 Å². The zero-order valence-electron chi connectivity index (χ0n) is 15.7. The molecule has 0 bridgehead atoms. The first kappa shape index (κ1) is 21.8. The van der Waals surface area contributed by atoms with Crippen LogP contribution in [0.1, 0.15) is 30.5 Å². The van der Waals surface area contributed by atoms with Crippen molar-refractivity contribution >= 4 is 24.0 Å². The molecule has 0 saturated heterocycles. The Kier molecular flexibility index (Phi) is 7.64. The molecule has 9 heteroatoms. The maximum absolute atomic E-state index is 12.0. The molecule has 1 rings (SSSR count). The summed E-state index contributed by atoms with van der Waals surface area (Å²) in [7, 11) is 1.36. The van der Waals surface area contributed by atoms with E-state index >= 15 is 0 Å². The van der Waals surface area contributed by atoms with Crippen LogP contribution in [-0.2, 0) is 28.6 Å². The van der Waals surface area contributed by atoms with Crippen LogP contribution >= 0.6 is 0 Å². The van der Waals surface area contributed by atoms with Crippen molar-refractivity contribution in [1.29, 1.82) is 0 Å². The van der Waals surface area contributed by atoms with E-state index in [-0.39, 0.29) is 22.8 Å². The van der Waals surface area contributed by atoms with E-state index in [2.05, 4.69) is 4.74 Å². The summed E-state index contributed by atoms with van der Waals surface area (Å²) in [6.07, 6.45) is 0.780. The second-order valence-corrected chi connectivity index (χ2v) is 5.53. The predicted molar refractivity (Wildman–Crippen MR) is 93.1 cm³/mol. The van der Waals surface area contributed by atoms with E-state index < -0.39 is 30.6 Å². The molecule has 0 aromatic heterocycles. The number of benzene rings is 1. The number of methoxy groups -OCH3 is 1. The monoisotopic (exact) mass is 382 g/mol. The standard InChI is InChI=1S/C18H22O9/c1-9-13(15(21)10(2)17(24-5)16(9)22)6-7-25-18(23)14(27-12(4)20)8-26-11(3)19/h6-7,14,21-22H,8H2,1-5H3/b7-6+. The van der Waals surface area contributed by atoms with Crippen LogP contribution in [-0.4, -0.2) is 47.9 Å². The smallest absolute Gasteiger partial charge is 0.355 e. The second-order valence-electron chi connectivity index (χ2n) is 5.53. The summed E-state index contributed by atoms with van der Waals surface area (Å²) in [4.78, 5) is 33.9. The Morgan fingerprint density at radius 2 is 1.67 bits per heavy atom. The Morgan fingerprint density at radius 3 is 2.19 bits per heavy atom. The molecule has 2 N–H and O–H groups in total. The average molecular weight is 382 g/mol. The normalized spacial score (nSPS) is 11.7. The number of phenols is 2. The van der Waals surface area contributed by atoms with Crippen LogP contribution < -0.4 is 4.74 Å². The van der Waals surface area contributed by atoms with Crippen molar-refractivity contribution in [3.05, 3.63) is 23.0 Å². The van der Waals surface area contributed by atoms with Gasteiger partial charge in [-0.25, -0.2) is 4.79 Å². The third-order valence-electron chi connectivity index (χ3n) is 3.56. The molecular weight excluding hydrogens is 360 g/mol. The van der Waals surface area contributed by atoms with Crippen LogP contribution in [0.4, 0.5) is 0 Å². The highest BCUT2D eigenvalue weighted by Crippen LogP contribution is 2.42. The summed E-state index contributed by atoms with van der Waals surface area (Å²) >= 11 is 0. The first-order valence-corrected chi connectivity index (χ1v) is 7.86. The predicted octanol–water partition coefficient (Wildman–Crippen LogP) is 1.73. The Labute approximate surface area is 156 Å². The molecule has 0 heterocycles. The van der Waals surface area contributed by atoms with Crippen LogP contribution in [0.2, 0.25) is 0 Å². The molecule has 0 aliphatic carbocycles. The van der Waals surface area contributed by atoms with Crippen molar-refractivity contribution in [2.24, 2.45) is 0 Å². The van der Waals surface area contributed by atoms with Crippen LogP contribution in [0.3, 0.4) is 0 Å². The summed E-state index contributed by atoms with van der Waals surface area (Å²) in [5.74, 6) is -2.57. The van der Waals surface area contributed by atoms with Gasteiger partial charge in [0.2, 0.25) is 6.10 Å². The number of carbonyl (C=O) groups is 3. The summed E-state index contributed by atoms with van der Waals surface area (Å²) in [6.45, 7) is 4.83. The molecule has 0 aliphatic heterocycles. The minimum atomic E-state index is -1.43. The lowest BCUT2D eigenvalue weighted by Crippen LogP contribution is -2.32. The molecule has 1 unspecified atom stereocenters. The fraction of sp³-hybridized carbons (Fsp3) is 0.389. The zero-order valence-corrected chi connectivity index (χ0v) is 15.7. The summed E-state index contributed by atoms with van der Waals surface area (Å²) in [5.41, 5.74) is 0.820. The molecule has 1 aromatic rings. The third-order valence-corrected chi connectivity index (χ3v) is 3.56. The third kappa shape index (κ3) is 5.63. The molecule has 27 heavy (non-hydrogen) atoms. The van der Waals surface area contributed by atoms with Gasteiger partial charge in [0.1, 0.15) is 12.4 Å². The molecular formula is C18H22O9. The number of hydrogen-bond acceptors (Lipinski definition) is 9. The van der Waals surface area contributed by atoms with Gasteiger partial charge in [-0.1, -0.05) is 0 Å². The number of ether oxygens (including phenoxy) is 4. The van der Waals surface area contributed by atoms with E-state index in [1.54, 1.807) is 13.8 Å². The maximum atomic E-state index is 12.0. The second kappa shape index (κ2) is 9.46. The molecule has 0 radical (unpaired) electrons. The molecule has 0 fully saturated rings. The molecule has 9 nitrogen and oxygen atoms in total. The quantitative estimate of drug-likeness (QED) is 0.313. The van der Waals surface area contributed by atoms with Gasteiger partial charge in [-0.2, -0.15) is 0 Å². The summed E-state index contributed by atoms with van der Waals surface area (Å²) in [5, 5.41) is 20.4. The van der Waals surface area contributed by atoms with Gasteiger partial charge in [-0.15, -0.1) is 0 Å². The van der Waals surface area contributed by atoms with Crippen molar-refractivity contribution in [1.82, 2.24) is 0 Å². The Morgan fingerprint density at radius 1 is 1.04 bits per heavy atom. The summed E-state index contributed by atoms with van der Waals surface area (Å²) in [6, 6.07) is 0. The van der Waals surface area contributed by atoms with Crippen LogP contribution in [0.25, 0.3) is 6.08 Å². The number of hydrogen-bond donors (Lipinski definition) is 2. The Bertz CT molecular complexity index is 736. The van der Waals surface area contributed by atoms with Gasteiger partial charge >= 0.3 is 17.9 Å². The van der Waals surface area contributed by atoms with Crippen molar-refractivity contribution in [2.75, 3.05) is 13.7 Å². The molecule has 0 aliphatic rings. The molecule has 0 spiro atoms. The van der Waals surface area contributed by atoms with E-state index in [0.717, 1.165) is 20.1 Å². The minimum Gasteiger partial charge on any atom is -0.507 e. The lowest BCUT2D eigenvalue weighted by molar-refractivity contribution is -0.169. The SMILES string of the molecule is COc1c(C)c(O)c(/C=C/OC(=O)C(COC(C)=O)OC(C)=O)c(C)c1O. The van der Waals surface area contributed by atoms with Gasteiger partial charge in [0.15, 0.2) is 11.5 Å². The van der Waals surface area contributed by atoms with E-state index in [4.69, 9.17) is 14.2 Å². The maximum Gasteiger partial charge on any atom is 0.355 e. The molecule has 1 atom stereocenters. The van der Waals surface area contributed by atoms with E-state index in [1.165, 1.54) is 13.2 Å². The number of phenolic OH excluding ortho intramolecular Hbond substituents is 2. The van der Waals surface area contributed by atoms with Crippen LogP contribution in [0.15, 0.2) is 6.26 Å². The fourth-order valence-electron chi connectivity index (χ4n) is 2.20.